The number of amides is 3. The molecule has 2 fully saturated rings. The summed E-state index contributed by atoms with van der Waals surface area (Å²) in [5, 5.41) is 12.5. The van der Waals surface area contributed by atoms with Crippen molar-refractivity contribution in [1.82, 2.24) is 4.90 Å². The highest BCUT2D eigenvalue weighted by atomic mass is 32.2. The summed E-state index contributed by atoms with van der Waals surface area (Å²) < 4.78 is 16.2. The zero-order valence-electron chi connectivity index (χ0n) is 20.4. The number of thioether (sulfide) groups is 1. The summed E-state index contributed by atoms with van der Waals surface area (Å²) in [5.74, 6) is -1.60. The second-order valence-corrected chi connectivity index (χ2v) is 10.7. The van der Waals surface area contributed by atoms with Crippen molar-refractivity contribution in [1.29, 1.82) is 0 Å². The van der Waals surface area contributed by atoms with Crippen molar-refractivity contribution in [3.8, 4) is 0 Å². The maximum atomic E-state index is 13.6. The molecule has 2 N–H and O–H groups in total. The van der Waals surface area contributed by atoms with E-state index < -0.39 is 46.0 Å². The Morgan fingerprint density at radius 3 is 2.50 bits per heavy atom. The highest BCUT2D eigenvalue weighted by Gasteiger charge is 2.70. The molecule has 0 spiro atoms. The normalized spacial score (nSPS) is 24.1. The Hall–Kier alpha value is -3.69. The number of methoxy groups -OCH3 is 1. The molecule has 3 atom stereocenters. The van der Waals surface area contributed by atoms with Crippen molar-refractivity contribution in [2.24, 2.45) is 11.1 Å². The van der Waals surface area contributed by atoms with E-state index >= 15 is 0 Å². The van der Waals surface area contributed by atoms with Crippen LogP contribution in [0.2, 0.25) is 0 Å². The fourth-order valence-electron chi connectivity index (χ4n) is 4.46. The second-order valence-electron chi connectivity index (χ2n) is 8.69. The number of nitro groups is 1. The number of benzene rings is 1. The first kappa shape index (κ1) is 27.3. The molecule has 202 valence electrons. The molecule has 3 heterocycles. The van der Waals surface area contributed by atoms with Gasteiger partial charge in [0, 0.05) is 38.5 Å². The predicted octanol–water partition coefficient (Wildman–Crippen LogP) is 2.09. The number of primary amides is 1. The summed E-state index contributed by atoms with van der Waals surface area (Å²) in [6.07, 6.45) is -1.10. The van der Waals surface area contributed by atoms with Crippen LogP contribution in [0.4, 0.5) is 15.5 Å². The second kappa shape index (κ2) is 10.6. The maximum Gasteiger partial charge on any atom is 0.404 e. The molecule has 3 amide bonds. The summed E-state index contributed by atoms with van der Waals surface area (Å²) in [5.41, 5.74) is 2.48. The van der Waals surface area contributed by atoms with Crippen LogP contribution in [0.15, 0.2) is 41.8 Å². The molecule has 0 bridgehead atoms. The van der Waals surface area contributed by atoms with E-state index in [4.69, 9.17) is 19.9 Å². The van der Waals surface area contributed by atoms with Crippen molar-refractivity contribution < 1.29 is 38.3 Å². The quantitative estimate of drug-likeness (QED) is 0.156. The summed E-state index contributed by atoms with van der Waals surface area (Å²) in [6, 6.07) is 8.94. The molecule has 2 aliphatic heterocycles. The van der Waals surface area contributed by atoms with Crippen molar-refractivity contribution in [2.45, 2.75) is 24.6 Å². The van der Waals surface area contributed by atoms with E-state index in [1.54, 1.807) is 17.5 Å². The van der Waals surface area contributed by atoms with E-state index in [-0.39, 0.29) is 30.5 Å². The molecule has 2 saturated heterocycles. The molecule has 1 aromatic carbocycles. The predicted molar refractivity (Wildman–Crippen MR) is 136 cm³/mol. The molecule has 0 aliphatic carbocycles. The Labute approximate surface area is 224 Å². The van der Waals surface area contributed by atoms with Gasteiger partial charge in [-0.3, -0.25) is 29.4 Å². The lowest BCUT2D eigenvalue weighted by Crippen LogP contribution is -2.83. The molecule has 2 aliphatic rings. The van der Waals surface area contributed by atoms with Crippen LogP contribution in [0, 0.1) is 15.5 Å². The van der Waals surface area contributed by atoms with E-state index in [0.717, 1.165) is 0 Å². The Kier molecular flexibility index (Phi) is 7.62. The van der Waals surface area contributed by atoms with Gasteiger partial charge in [0.15, 0.2) is 0 Å². The summed E-state index contributed by atoms with van der Waals surface area (Å²) >= 11 is 2.47. The van der Waals surface area contributed by atoms with Crippen LogP contribution < -0.4 is 10.6 Å². The minimum Gasteiger partial charge on any atom is -0.460 e. The van der Waals surface area contributed by atoms with Gasteiger partial charge in [0.1, 0.15) is 29.0 Å². The first-order valence-corrected chi connectivity index (χ1v) is 13.1. The third kappa shape index (κ3) is 4.68. The molecular weight excluding hydrogens is 540 g/mol. The minimum absolute atomic E-state index is 0.0646. The van der Waals surface area contributed by atoms with Gasteiger partial charge in [-0.05, 0) is 35.2 Å². The monoisotopic (exact) mass is 564 g/mol. The Morgan fingerprint density at radius 1 is 1.24 bits per heavy atom. The number of nitrogens with two attached hydrogens (primary N) is 1. The number of nitrogens with zero attached hydrogens (tertiary/aromatic N) is 3. The maximum absolute atomic E-state index is 13.6. The lowest BCUT2D eigenvalue weighted by molar-refractivity contribution is -0.384. The minimum atomic E-state index is -1.61. The van der Waals surface area contributed by atoms with Crippen LogP contribution >= 0.6 is 23.1 Å². The van der Waals surface area contributed by atoms with E-state index in [1.165, 1.54) is 71.2 Å². The van der Waals surface area contributed by atoms with Gasteiger partial charge in [-0.15, -0.1) is 23.1 Å². The Balaban J connectivity index is 1.55. The standard InChI is InChI=1S/C23H24N4O9S2/c1-14(28)26(17-4-3-9-37-17)23(34-2)18(29)25-11-22(12-36-21(24)31,13-38-19(23)25)20(30)35-10-15-5-7-16(8-6-15)27(32)33/h3-9,19H,10-13H2,1-2H3,(H2,24,31)/t19-,22?,23?/m1/s1. The van der Waals surface area contributed by atoms with Crippen molar-refractivity contribution in [3.05, 3.63) is 57.5 Å². The first-order valence-electron chi connectivity index (χ1n) is 11.2. The number of carbonyl (C=O) groups excluding carboxylic acids is 4. The number of hydrogen-bond acceptors (Lipinski definition) is 11. The zero-order valence-corrected chi connectivity index (χ0v) is 22.0. The number of carbonyl (C=O) groups is 4. The smallest absolute Gasteiger partial charge is 0.404 e. The molecule has 15 heteroatoms. The zero-order chi connectivity index (χ0) is 27.7. The largest absolute Gasteiger partial charge is 0.460 e. The lowest BCUT2D eigenvalue weighted by Gasteiger charge is -2.61. The number of β-lactam (4-membered cyclic amide) rings is 1. The number of non-ortho nitro benzene ring substituents is 1. The topological polar surface area (TPSA) is 172 Å². The Bertz CT molecular complexity index is 1260. The number of hydrogen-bond donors (Lipinski definition) is 1. The summed E-state index contributed by atoms with van der Waals surface area (Å²) in [6.45, 7) is 0.531. The fourth-order valence-corrected chi connectivity index (χ4v) is 6.93. The molecule has 0 radical (unpaired) electrons. The number of anilines is 1. The van der Waals surface area contributed by atoms with Gasteiger partial charge < -0.3 is 24.8 Å². The average Bonchev–Trinajstić information content (AvgIpc) is 3.42. The van der Waals surface area contributed by atoms with Gasteiger partial charge in [0.2, 0.25) is 5.91 Å². The third-order valence-electron chi connectivity index (χ3n) is 6.30. The molecule has 2 unspecified atom stereocenters. The highest BCUT2D eigenvalue weighted by molar-refractivity contribution is 8.00. The molecule has 0 saturated carbocycles. The lowest BCUT2D eigenvalue weighted by atomic mass is 9.86. The van der Waals surface area contributed by atoms with Crippen molar-refractivity contribution in [2.75, 3.05) is 30.9 Å². The van der Waals surface area contributed by atoms with Crippen LogP contribution in [0.1, 0.15) is 12.5 Å². The van der Waals surface area contributed by atoms with Crippen LogP contribution in [0.25, 0.3) is 0 Å². The molecule has 13 nitrogen and oxygen atoms in total. The van der Waals surface area contributed by atoms with E-state index in [2.05, 4.69) is 0 Å². The molecular formula is C23H24N4O9S2. The van der Waals surface area contributed by atoms with Crippen molar-refractivity contribution >= 4 is 57.7 Å². The molecule has 4 rings (SSSR count). The van der Waals surface area contributed by atoms with Gasteiger partial charge in [-0.25, -0.2) is 4.79 Å². The summed E-state index contributed by atoms with van der Waals surface area (Å²) in [4.78, 5) is 63.9. The van der Waals surface area contributed by atoms with E-state index in [9.17, 15) is 29.3 Å². The van der Waals surface area contributed by atoms with Crippen LogP contribution in [-0.2, 0) is 35.2 Å². The van der Waals surface area contributed by atoms with Crippen LogP contribution in [0.5, 0.6) is 0 Å². The summed E-state index contributed by atoms with van der Waals surface area (Å²) in [7, 11) is 1.34. The number of thiophene rings is 1. The number of fused-ring (bicyclic) bond motifs is 1. The van der Waals surface area contributed by atoms with E-state index in [1.807, 2.05) is 0 Å². The molecule has 2 aromatic rings. The Morgan fingerprint density at radius 2 is 1.95 bits per heavy atom. The number of rotatable bonds is 9. The number of esters is 1. The van der Waals surface area contributed by atoms with Gasteiger partial charge >= 0.3 is 12.1 Å². The number of ether oxygens (including phenoxy) is 3. The highest BCUT2D eigenvalue weighted by Crippen LogP contribution is 2.52. The van der Waals surface area contributed by atoms with Crippen LogP contribution in [0.3, 0.4) is 0 Å². The van der Waals surface area contributed by atoms with Gasteiger partial charge in [0.05, 0.1) is 4.92 Å². The van der Waals surface area contributed by atoms with Gasteiger partial charge in [-0.2, -0.15) is 0 Å². The molecule has 1 aromatic heterocycles. The first-order chi connectivity index (χ1) is 18.1. The van der Waals surface area contributed by atoms with Gasteiger partial charge in [-0.1, -0.05) is 0 Å². The molecule has 38 heavy (non-hydrogen) atoms. The van der Waals surface area contributed by atoms with E-state index in [0.29, 0.717) is 10.6 Å². The van der Waals surface area contributed by atoms with Crippen molar-refractivity contribution in [3.63, 3.8) is 0 Å². The fraction of sp³-hybridized carbons (Fsp3) is 0.391. The number of nitro benzene ring substituents is 1. The SMILES string of the molecule is COC1(N(C(C)=O)c2cccs2)C(=O)N2CC(COC(N)=O)(C(=O)OCc3ccc([N+](=O)[O-])cc3)CS[C@@H]21. The van der Waals surface area contributed by atoms with Crippen LogP contribution in [-0.4, -0.2) is 70.8 Å². The van der Waals surface area contributed by atoms with Gasteiger partial charge in [0.25, 0.3) is 17.3 Å². The third-order valence-corrected chi connectivity index (χ3v) is 8.76. The average molecular weight is 565 g/mol.